The van der Waals surface area contributed by atoms with Gasteiger partial charge < -0.3 is 10.1 Å². The number of hydrogen-bond donors (Lipinski definition) is 1. The Bertz CT molecular complexity index is 1040. The minimum atomic E-state index is -3.87. The van der Waals surface area contributed by atoms with Crippen LogP contribution in [0.4, 0.5) is 4.39 Å². The number of rotatable bonds is 7. The SMILES string of the molecule is O=C(NCc1ccccc1CN1CCOCC1)C1CCCN1S(=O)(=O)c1ccc(F)cc1. The largest absolute Gasteiger partial charge is 0.379 e. The van der Waals surface area contributed by atoms with Gasteiger partial charge >= 0.3 is 0 Å². The molecule has 2 aromatic rings. The fourth-order valence-electron chi connectivity index (χ4n) is 4.22. The Morgan fingerprint density at radius 1 is 1.03 bits per heavy atom. The van der Waals surface area contributed by atoms with Crippen LogP contribution in [0.5, 0.6) is 0 Å². The van der Waals surface area contributed by atoms with E-state index in [4.69, 9.17) is 4.74 Å². The number of nitrogens with one attached hydrogen (secondary N) is 1. The lowest BCUT2D eigenvalue weighted by Crippen LogP contribution is -2.45. The molecular formula is C23H28FN3O4S. The lowest BCUT2D eigenvalue weighted by molar-refractivity contribution is -0.124. The highest BCUT2D eigenvalue weighted by molar-refractivity contribution is 7.89. The summed E-state index contributed by atoms with van der Waals surface area (Å²) in [5, 5.41) is 2.93. The van der Waals surface area contributed by atoms with Gasteiger partial charge in [-0.2, -0.15) is 4.31 Å². The van der Waals surface area contributed by atoms with Gasteiger partial charge in [0.2, 0.25) is 15.9 Å². The van der Waals surface area contributed by atoms with Gasteiger partial charge in [0.25, 0.3) is 0 Å². The second kappa shape index (κ2) is 10.1. The first-order valence-corrected chi connectivity index (χ1v) is 12.3. The normalized spacial score (nSPS) is 20.3. The molecule has 0 spiro atoms. The Morgan fingerprint density at radius 3 is 2.44 bits per heavy atom. The van der Waals surface area contributed by atoms with Crippen LogP contribution in [0.15, 0.2) is 53.4 Å². The number of morpholine rings is 1. The fraction of sp³-hybridized carbons (Fsp3) is 0.435. The molecule has 2 aromatic carbocycles. The molecule has 2 aliphatic rings. The van der Waals surface area contributed by atoms with Crippen LogP contribution in [0.25, 0.3) is 0 Å². The van der Waals surface area contributed by atoms with E-state index in [9.17, 15) is 17.6 Å². The highest BCUT2D eigenvalue weighted by Gasteiger charge is 2.39. The van der Waals surface area contributed by atoms with Gasteiger partial charge in [-0.05, 0) is 48.2 Å². The molecule has 4 rings (SSSR count). The van der Waals surface area contributed by atoms with Crippen molar-refractivity contribution in [3.05, 3.63) is 65.5 Å². The summed E-state index contributed by atoms with van der Waals surface area (Å²) in [5.41, 5.74) is 2.15. The quantitative estimate of drug-likeness (QED) is 0.684. The van der Waals surface area contributed by atoms with Crippen LogP contribution >= 0.6 is 0 Å². The molecule has 2 saturated heterocycles. The van der Waals surface area contributed by atoms with Gasteiger partial charge in [-0.1, -0.05) is 24.3 Å². The molecule has 0 aromatic heterocycles. The Balaban J connectivity index is 1.42. The molecule has 9 heteroatoms. The number of amides is 1. The van der Waals surface area contributed by atoms with Crippen LogP contribution in [0.3, 0.4) is 0 Å². The molecule has 2 fully saturated rings. The number of benzene rings is 2. The lowest BCUT2D eigenvalue weighted by Gasteiger charge is -2.27. The van der Waals surface area contributed by atoms with Crippen LogP contribution in [0.2, 0.25) is 0 Å². The summed E-state index contributed by atoms with van der Waals surface area (Å²) in [4.78, 5) is 15.3. The van der Waals surface area contributed by atoms with Crippen LogP contribution in [-0.4, -0.2) is 62.4 Å². The van der Waals surface area contributed by atoms with E-state index >= 15 is 0 Å². The molecule has 1 unspecified atom stereocenters. The predicted molar refractivity (Wildman–Crippen MR) is 118 cm³/mol. The number of hydrogen-bond acceptors (Lipinski definition) is 5. The third-order valence-corrected chi connectivity index (χ3v) is 7.92. The van der Waals surface area contributed by atoms with E-state index in [0.29, 0.717) is 19.4 Å². The van der Waals surface area contributed by atoms with Crippen molar-refractivity contribution in [3.63, 3.8) is 0 Å². The number of halogens is 1. The third kappa shape index (κ3) is 5.17. The van der Waals surface area contributed by atoms with Crippen LogP contribution < -0.4 is 5.32 Å². The maximum absolute atomic E-state index is 13.2. The van der Waals surface area contributed by atoms with Gasteiger partial charge in [0.1, 0.15) is 11.9 Å². The standard InChI is InChI=1S/C23H28FN3O4S/c24-20-7-9-21(10-8-20)32(29,30)27-11-3-6-22(27)23(28)25-16-18-4-1-2-5-19(18)17-26-12-14-31-15-13-26/h1-2,4-5,7-10,22H,3,6,11-17H2,(H,25,28). The Morgan fingerprint density at radius 2 is 1.72 bits per heavy atom. The highest BCUT2D eigenvalue weighted by atomic mass is 32.2. The number of sulfonamides is 1. The average Bonchev–Trinajstić information content (AvgIpc) is 3.30. The molecule has 32 heavy (non-hydrogen) atoms. The number of nitrogens with zero attached hydrogens (tertiary/aromatic N) is 2. The molecule has 0 bridgehead atoms. The van der Waals surface area contributed by atoms with Gasteiger partial charge in [-0.3, -0.25) is 9.69 Å². The van der Waals surface area contributed by atoms with Crippen molar-refractivity contribution in [2.75, 3.05) is 32.8 Å². The van der Waals surface area contributed by atoms with E-state index in [1.54, 1.807) is 0 Å². The molecule has 0 aliphatic carbocycles. The molecular weight excluding hydrogens is 433 g/mol. The molecule has 2 aliphatic heterocycles. The van der Waals surface area contributed by atoms with Gasteiger partial charge in [0.15, 0.2) is 0 Å². The third-order valence-electron chi connectivity index (χ3n) is 6.00. The molecule has 172 valence electrons. The highest BCUT2D eigenvalue weighted by Crippen LogP contribution is 2.26. The van der Waals surface area contributed by atoms with E-state index < -0.39 is 21.9 Å². The van der Waals surface area contributed by atoms with E-state index in [1.165, 1.54) is 16.4 Å². The van der Waals surface area contributed by atoms with Gasteiger partial charge in [0.05, 0.1) is 18.1 Å². The summed E-state index contributed by atoms with van der Waals surface area (Å²) >= 11 is 0. The van der Waals surface area contributed by atoms with Crippen LogP contribution in [0.1, 0.15) is 24.0 Å². The monoisotopic (exact) mass is 461 g/mol. The summed E-state index contributed by atoms with van der Waals surface area (Å²) < 4.78 is 45.9. The molecule has 1 atom stereocenters. The number of ether oxygens (including phenoxy) is 1. The summed E-state index contributed by atoms with van der Waals surface area (Å²) in [6.45, 7) is 4.57. The Kier molecular flexibility index (Phi) is 7.20. The zero-order chi connectivity index (χ0) is 22.6. The first-order chi connectivity index (χ1) is 15.4. The lowest BCUT2D eigenvalue weighted by atomic mass is 10.1. The number of carbonyl (C=O) groups is 1. The van der Waals surface area contributed by atoms with Gasteiger partial charge in [0, 0.05) is 32.7 Å². The molecule has 2 heterocycles. The first-order valence-electron chi connectivity index (χ1n) is 10.9. The van der Waals surface area contributed by atoms with Crippen LogP contribution in [0, 0.1) is 5.82 Å². The minimum Gasteiger partial charge on any atom is -0.379 e. The van der Waals surface area contributed by atoms with Gasteiger partial charge in [-0.25, -0.2) is 12.8 Å². The predicted octanol–water partition coefficient (Wildman–Crippen LogP) is 2.13. The molecule has 1 amide bonds. The van der Waals surface area contributed by atoms with Crippen molar-refractivity contribution in [3.8, 4) is 0 Å². The topological polar surface area (TPSA) is 79.0 Å². The molecule has 0 radical (unpaired) electrons. The summed E-state index contributed by atoms with van der Waals surface area (Å²) in [6, 6.07) is 11.9. The van der Waals surface area contributed by atoms with Crippen molar-refractivity contribution in [2.24, 2.45) is 0 Å². The Labute approximate surface area is 188 Å². The zero-order valence-electron chi connectivity index (χ0n) is 17.9. The maximum Gasteiger partial charge on any atom is 0.243 e. The summed E-state index contributed by atoms with van der Waals surface area (Å²) in [5.74, 6) is -0.815. The van der Waals surface area contributed by atoms with Crippen molar-refractivity contribution in [2.45, 2.75) is 36.9 Å². The summed E-state index contributed by atoms with van der Waals surface area (Å²) in [7, 11) is -3.87. The molecule has 0 saturated carbocycles. The van der Waals surface area contributed by atoms with E-state index in [0.717, 1.165) is 56.1 Å². The van der Waals surface area contributed by atoms with Gasteiger partial charge in [-0.15, -0.1) is 0 Å². The van der Waals surface area contributed by atoms with Crippen molar-refractivity contribution >= 4 is 15.9 Å². The summed E-state index contributed by atoms with van der Waals surface area (Å²) in [6.07, 6.45) is 1.06. The fourth-order valence-corrected chi connectivity index (χ4v) is 5.87. The van der Waals surface area contributed by atoms with E-state index in [-0.39, 0.29) is 17.3 Å². The molecule has 1 N–H and O–H groups in total. The minimum absolute atomic E-state index is 0.00513. The van der Waals surface area contributed by atoms with E-state index in [1.807, 2.05) is 18.2 Å². The smallest absolute Gasteiger partial charge is 0.243 e. The second-order valence-electron chi connectivity index (χ2n) is 8.10. The van der Waals surface area contributed by atoms with Crippen molar-refractivity contribution < 1.29 is 22.3 Å². The van der Waals surface area contributed by atoms with E-state index in [2.05, 4.69) is 16.3 Å². The van der Waals surface area contributed by atoms with Crippen molar-refractivity contribution in [1.82, 2.24) is 14.5 Å². The Hall–Kier alpha value is -2.33. The first kappa shape index (κ1) is 22.8. The molecule has 7 nitrogen and oxygen atoms in total. The average molecular weight is 462 g/mol. The van der Waals surface area contributed by atoms with Crippen LogP contribution in [-0.2, 0) is 32.6 Å². The second-order valence-corrected chi connectivity index (χ2v) is 9.99. The maximum atomic E-state index is 13.2. The number of carbonyl (C=O) groups excluding carboxylic acids is 1. The zero-order valence-corrected chi connectivity index (χ0v) is 18.7. The van der Waals surface area contributed by atoms with Crippen molar-refractivity contribution in [1.29, 1.82) is 0 Å².